The van der Waals surface area contributed by atoms with Crippen molar-refractivity contribution < 1.29 is 0 Å². The number of hydrogen-bond donors (Lipinski definition) is 0. The molecule has 0 saturated carbocycles. The van der Waals surface area contributed by atoms with Gasteiger partial charge in [0.15, 0.2) is 0 Å². The predicted octanol–water partition coefficient (Wildman–Crippen LogP) is 9.19. The third-order valence-electron chi connectivity index (χ3n) is 7.61. The number of fused-ring (bicyclic) bond motifs is 4. The Balaban J connectivity index is 1.30. The van der Waals surface area contributed by atoms with Gasteiger partial charge in [0, 0.05) is 22.8 Å². The molecule has 40 heavy (non-hydrogen) atoms. The van der Waals surface area contributed by atoms with Crippen LogP contribution in [0.3, 0.4) is 0 Å². The summed E-state index contributed by atoms with van der Waals surface area (Å²) in [5.41, 5.74) is 10.9. The standard InChI is InChI=1S/C36H24N4/c1-4-14-32-25(9-1)18-19-26-10-2-5-15-33(26)39(32)28-22-20-27(21-23-28)36-38-31-12-3-6-16-35(31)40(36)34-17-7-13-30-29(34)11-8-24-37-30/h1-24H. The van der Waals surface area contributed by atoms with Crippen LogP contribution < -0.4 is 4.90 Å². The fraction of sp³-hybridized carbons (Fsp3) is 0. The zero-order valence-corrected chi connectivity index (χ0v) is 21.6. The van der Waals surface area contributed by atoms with Gasteiger partial charge < -0.3 is 4.90 Å². The van der Waals surface area contributed by atoms with Gasteiger partial charge in [-0.2, -0.15) is 0 Å². The average Bonchev–Trinajstić information content (AvgIpc) is 3.32. The normalized spacial score (nSPS) is 12.3. The second-order valence-electron chi connectivity index (χ2n) is 9.94. The zero-order chi connectivity index (χ0) is 26.5. The molecule has 1 aliphatic rings. The molecule has 4 nitrogen and oxygen atoms in total. The summed E-state index contributed by atoms with van der Waals surface area (Å²) in [5, 5.41) is 1.09. The van der Waals surface area contributed by atoms with Crippen LogP contribution in [0.2, 0.25) is 0 Å². The molecular weight excluding hydrogens is 488 g/mol. The second-order valence-corrected chi connectivity index (χ2v) is 9.94. The summed E-state index contributed by atoms with van der Waals surface area (Å²) in [5.74, 6) is 0.905. The van der Waals surface area contributed by atoms with Gasteiger partial charge in [-0.15, -0.1) is 0 Å². The van der Waals surface area contributed by atoms with Crippen LogP contribution in [0.1, 0.15) is 11.1 Å². The van der Waals surface area contributed by atoms with E-state index in [0.29, 0.717) is 0 Å². The number of nitrogens with zero attached hydrogens (tertiary/aromatic N) is 4. The SMILES string of the molecule is C1=Cc2ccccc2N(c2ccc(-c3nc4ccccc4n3-c3cccc4ncccc34)cc2)c2ccccc21. The summed E-state index contributed by atoms with van der Waals surface area (Å²) in [6.45, 7) is 0. The lowest BCUT2D eigenvalue weighted by Gasteiger charge is -2.27. The average molecular weight is 513 g/mol. The summed E-state index contributed by atoms with van der Waals surface area (Å²) in [6.07, 6.45) is 6.24. The molecule has 0 radical (unpaired) electrons. The molecule has 0 N–H and O–H groups in total. The van der Waals surface area contributed by atoms with Gasteiger partial charge >= 0.3 is 0 Å². The third kappa shape index (κ3) is 3.54. The van der Waals surface area contributed by atoms with Crippen molar-refractivity contribution >= 4 is 51.2 Å². The molecule has 0 spiro atoms. The van der Waals surface area contributed by atoms with Crippen molar-refractivity contribution in [1.82, 2.24) is 14.5 Å². The zero-order valence-electron chi connectivity index (χ0n) is 21.6. The summed E-state index contributed by atoms with van der Waals surface area (Å²) >= 11 is 0. The molecule has 0 saturated heterocycles. The highest BCUT2D eigenvalue weighted by Crippen LogP contribution is 2.42. The highest BCUT2D eigenvalue weighted by Gasteiger charge is 2.21. The molecule has 5 aromatic carbocycles. The molecule has 1 aliphatic heterocycles. The number of para-hydroxylation sites is 4. The van der Waals surface area contributed by atoms with E-state index in [9.17, 15) is 0 Å². The van der Waals surface area contributed by atoms with Crippen molar-refractivity contribution in [1.29, 1.82) is 0 Å². The maximum atomic E-state index is 5.11. The number of hydrogen-bond acceptors (Lipinski definition) is 3. The first-order valence-corrected chi connectivity index (χ1v) is 13.4. The minimum Gasteiger partial charge on any atom is -0.309 e. The van der Waals surface area contributed by atoms with Gasteiger partial charge in [0.25, 0.3) is 0 Å². The van der Waals surface area contributed by atoms with Crippen molar-refractivity contribution in [3.63, 3.8) is 0 Å². The second kappa shape index (κ2) is 9.07. The van der Waals surface area contributed by atoms with Crippen molar-refractivity contribution in [2.75, 3.05) is 4.90 Å². The first kappa shape index (κ1) is 22.5. The van der Waals surface area contributed by atoms with Crippen LogP contribution in [0.5, 0.6) is 0 Å². The van der Waals surface area contributed by atoms with Crippen molar-refractivity contribution in [3.05, 3.63) is 145 Å². The van der Waals surface area contributed by atoms with E-state index < -0.39 is 0 Å². The van der Waals surface area contributed by atoms with E-state index in [1.807, 2.05) is 18.3 Å². The lowest BCUT2D eigenvalue weighted by Crippen LogP contribution is -2.11. The Hall–Kier alpha value is -5.48. The van der Waals surface area contributed by atoms with E-state index in [2.05, 4.69) is 142 Å². The molecular formula is C36H24N4. The van der Waals surface area contributed by atoms with Crippen LogP contribution in [0.15, 0.2) is 134 Å². The number of rotatable bonds is 3. The first-order chi connectivity index (χ1) is 19.8. The molecule has 0 amide bonds. The van der Waals surface area contributed by atoms with E-state index in [-0.39, 0.29) is 0 Å². The van der Waals surface area contributed by atoms with Crippen LogP contribution in [-0.2, 0) is 0 Å². The minimum absolute atomic E-state index is 0.905. The molecule has 7 aromatic rings. The number of pyridine rings is 1. The van der Waals surface area contributed by atoms with Gasteiger partial charge in [-0.05, 0) is 83.9 Å². The van der Waals surface area contributed by atoms with Gasteiger partial charge in [0.1, 0.15) is 5.82 Å². The third-order valence-corrected chi connectivity index (χ3v) is 7.61. The van der Waals surface area contributed by atoms with Gasteiger partial charge in [-0.25, -0.2) is 4.98 Å². The topological polar surface area (TPSA) is 34.0 Å². The number of benzene rings is 5. The van der Waals surface area contributed by atoms with Crippen LogP contribution in [0.25, 0.3) is 51.2 Å². The largest absolute Gasteiger partial charge is 0.309 e. The molecule has 2 aromatic heterocycles. The van der Waals surface area contributed by atoms with Gasteiger partial charge in [0.05, 0.1) is 33.6 Å². The summed E-state index contributed by atoms with van der Waals surface area (Å²) in [4.78, 5) is 12.1. The van der Waals surface area contributed by atoms with Crippen LogP contribution in [0, 0.1) is 0 Å². The molecule has 188 valence electrons. The number of anilines is 3. The van der Waals surface area contributed by atoms with E-state index in [1.54, 1.807) is 0 Å². The monoisotopic (exact) mass is 512 g/mol. The van der Waals surface area contributed by atoms with E-state index >= 15 is 0 Å². The fourth-order valence-corrected chi connectivity index (χ4v) is 5.76. The molecule has 0 aliphatic carbocycles. The number of imidazole rings is 1. The fourth-order valence-electron chi connectivity index (χ4n) is 5.76. The molecule has 4 heteroatoms. The predicted molar refractivity (Wildman–Crippen MR) is 165 cm³/mol. The molecule has 0 bridgehead atoms. The highest BCUT2D eigenvalue weighted by atomic mass is 15.1. The molecule has 3 heterocycles. The van der Waals surface area contributed by atoms with Crippen LogP contribution in [0.4, 0.5) is 17.1 Å². The van der Waals surface area contributed by atoms with E-state index in [0.717, 1.165) is 56.1 Å². The molecule has 0 atom stereocenters. The lowest BCUT2D eigenvalue weighted by molar-refractivity contribution is 1.11. The van der Waals surface area contributed by atoms with Gasteiger partial charge in [-0.1, -0.05) is 66.7 Å². The molecule has 0 unspecified atom stereocenters. The van der Waals surface area contributed by atoms with E-state index in [1.165, 1.54) is 11.1 Å². The quantitative estimate of drug-likeness (QED) is 0.237. The lowest BCUT2D eigenvalue weighted by atomic mass is 10.1. The van der Waals surface area contributed by atoms with Gasteiger partial charge in [-0.3, -0.25) is 9.55 Å². The Morgan fingerprint density at radius 3 is 1.93 bits per heavy atom. The Bertz CT molecular complexity index is 2010. The summed E-state index contributed by atoms with van der Waals surface area (Å²) in [6, 6.07) is 44.5. The molecule has 8 rings (SSSR count). The van der Waals surface area contributed by atoms with Crippen molar-refractivity contribution in [2.24, 2.45) is 0 Å². The highest BCUT2D eigenvalue weighted by molar-refractivity contribution is 5.94. The van der Waals surface area contributed by atoms with Crippen molar-refractivity contribution in [3.8, 4) is 17.1 Å². The summed E-state index contributed by atoms with van der Waals surface area (Å²) in [7, 11) is 0. The van der Waals surface area contributed by atoms with Crippen molar-refractivity contribution in [2.45, 2.75) is 0 Å². The van der Waals surface area contributed by atoms with Crippen LogP contribution >= 0.6 is 0 Å². The first-order valence-electron chi connectivity index (χ1n) is 13.4. The molecule has 0 fully saturated rings. The number of aromatic nitrogens is 3. The van der Waals surface area contributed by atoms with E-state index in [4.69, 9.17) is 4.98 Å². The maximum absolute atomic E-state index is 5.11. The van der Waals surface area contributed by atoms with Crippen LogP contribution in [-0.4, -0.2) is 14.5 Å². The van der Waals surface area contributed by atoms with Gasteiger partial charge in [0.2, 0.25) is 0 Å². The summed E-state index contributed by atoms with van der Waals surface area (Å²) < 4.78 is 2.26. The smallest absolute Gasteiger partial charge is 0.145 e. The Morgan fingerprint density at radius 1 is 0.500 bits per heavy atom. The Labute approximate surface area is 232 Å². The Kier molecular flexibility index (Phi) is 5.10. The maximum Gasteiger partial charge on any atom is 0.145 e. The Morgan fingerprint density at radius 2 is 1.15 bits per heavy atom. The minimum atomic E-state index is 0.905.